The van der Waals surface area contributed by atoms with E-state index in [2.05, 4.69) is 0 Å². The molecule has 0 radical (unpaired) electrons. The Hall–Kier alpha value is -1.56. The van der Waals surface area contributed by atoms with E-state index in [1.807, 2.05) is 0 Å². The van der Waals surface area contributed by atoms with Crippen molar-refractivity contribution in [2.75, 3.05) is 21.3 Å². The Morgan fingerprint density at radius 3 is 1.76 bits per heavy atom. The quantitative estimate of drug-likeness (QED) is 0.866. The number of methoxy groups -OCH3 is 3. The van der Waals surface area contributed by atoms with Crippen LogP contribution in [0.2, 0.25) is 0 Å². The van der Waals surface area contributed by atoms with Crippen molar-refractivity contribution in [3.63, 3.8) is 0 Å². The van der Waals surface area contributed by atoms with Gasteiger partial charge in [-0.25, -0.2) is 8.78 Å². The molecule has 1 aromatic carbocycles. The average Bonchev–Trinajstić information content (AvgIpc) is 2.35. The van der Waals surface area contributed by atoms with Crippen molar-refractivity contribution in [1.82, 2.24) is 0 Å². The van der Waals surface area contributed by atoms with E-state index in [1.54, 1.807) is 0 Å². The number of aliphatic hydroxyl groups excluding tert-OH is 1. The van der Waals surface area contributed by atoms with Crippen molar-refractivity contribution < 1.29 is 28.1 Å². The Labute approximate surface area is 97.7 Å². The van der Waals surface area contributed by atoms with E-state index in [-0.39, 0.29) is 17.1 Å². The smallest absolute Gasteiger partial charge is 0.268 e. The van der Waals surface area contributed by atoms with E-state index in [4.69, 9.17) is 14.2 Å². The Balaban J connectivity index is 3.34. The molecule has 96 valence electrons. The highest BCUT2D eigenvalue weighted by Gasteiger charge is 2.27. The molecule has 6 heteroatoms. The number of rotatable bonds is 5. The fourth-order valence-electron chi connectivity index (χ4n) is 1.45. The molecule has 0 spiro atoms. The van der Waals surface area contributed by atoms with Crippen LogP contribution in [0, 0.1) is 0 Å². The maximum absolute atomic E-state index is 12.5. The zero-order valence-electron chi connectivity index (χ0n) is 9.74. The van der Waals surface area contributed by atoms with Crippen molar-refractivity contribution in [2.45, 2.75) is 12.5 Å². The minimum absolute atomic E-state index is 0.0917. The van der Waals surface area contributed by atoms with Gasteiger partial charge in [-0.2, -0.15) is 0 Å². The molecule has 4 nitrogen and oxygen atoms in total. The van der Waals surface area contributed by atoms with Crippen LogP contribution in [0.4, 0.5) is 8.78 Å². The second kappa shape index (κ2) is 5.67. The van der Waals surface area contributed by atoms with Gasteiger partial charge in [0.15, 0.2) is 0 Å². The molecule has 0 amide bonds. The fraction of sp³-hybridized carbons (Fsp3) is 0.455. The van der Waals surface area contributed by atoms with Crippen LogP contribution >= 0.6 is 0 Å². The summed E-state index contributed by atoms with van der Waals surface area (Å²) in [5, 5.41) is 9.43. The molecule has 1 aromatic rings. The predicted molar refractivity (Wildman–Crippen MR) is 57.1 cm³/mol. The molecule has 0 heterocycles. The Kier molecular flexibility index (Phi) is 4.51. The van der Waals surface area contributed by atoms with E-state index in [1.165, 1.54) is 33.5 Å². The second-order valence-corrected chi connectivity index (χ2v) is 3.22. The first kappa shape index (κ1) is 13.5. The van der Waals surface area contributed by atoms with E-state index >= 15 is 0 Å². The minimum atomic E-state index is -2.92. The van der Waals surface area contributed by atoms with Gasteiger partial charge in [-0.1, -0.05) is 0 Å². The summed E-state index contributed by atoms with van der Waals surface area (Å²) in [5.74, 6) is 0.576. The molecule has 0 saturated heterocycles. The third-order valence-corrected chi connectivity index (χ3v) is 2.29. The van der Waals surface area contributed by atoms with Crippen LogP contribution in [0.5, 0.6) is 17.2 Å². The minimum Gasteiger partial charge on any atom is -0.496 e. The van der Waals surface area contributed by atoms with Gasteiger partial charge in [-0.15, -0.1) is 0 Å². The summed E-state index contributed by atoms with van der Waals surface area (Å²) in [6.07, 6.45) is -4.89. The molecule has 0 aliphatic carbocycles. The highest BCUT2D eigenvalue weighted by molar-refractivity contribution is 5.52. The first-order valence-electron chi connectivity index (χ1n) is 4.81. The molecule has 0 bridgehead atoms. The molecule has 17 heavy (non-hydrogen) atoms. The van der Waals surface area contributed by atoms with Crippen LogP contribution < -0.4 is 14.2 Å². The third kappa shape index (κ3) is 2.76. The van der Waals surface area contributed by atoms with Gasteiger partial charge in [-0.05, 0) is 0 Å². The lowest BCUT2D eigenvalue weighted by Crippen LogP contribution is -2.11. The van der Waals surface area contributed by atoms with Gasteiger partial charge in [0.05, 0.1) is 26.9 Å². The number of alkyl halides is 2. The molecule has 0 aromatic heterocycles. The van der Waals surface area contributed by atoms with E-state index in [0.29, 0.717) is 5.75 Å². The maximum Gasteiger partial charge on any atom is 0.268 e. The third-order valence-electron chi connectivity index (χ3n) is 2.29. The first-order chi connectivity index (χ1) is 8.04. The molecule has 0 aliphatic heterocycles. The number of benzene rings is 1. The molecular weight excluding hydrogens is 234 g/mol. The van der Waals surface area contributed by atoms with Gasteiger partial charge >= 0.3 is 0 Å². The lowest BCUT2D eigenvalue weighted by Gasteiger charge is -2.18. The van der Waals surface area contributed by atoms with Crippen LogP contribution in [-0.2, 0) is 0 Å². The summed E-state index contributed by atoms with van der Waals surface area (Å²) in [4.78, 5) is 0. The standard InChI is InChI=1S/C11H14F2O4/c1-15-6-4-7(16-2)9(8(5-6)17-3)10(14)11(12)13/h4-5,10-11,14H,1-3H3. The van der Waals surface area contributed by atoms with Crippen LogP contribution in [0.15, 0.2) is 12.1 Å². The Morgan fingerprint density at radius 1 is 1.00 bits per heavy atom. The average molecular weight is 248 g/mol. The summed E-state index contributed by atoms with van der Waals surface area (Å²) < 4.78 is 39.9. The SMILES string of the molecule is COc1cc(OC)c(C(O)C(F)F)c(OC)c1. The van der Waals surface area contributed by atoms with Crippen LogP contribution in [0.1, 0.15) is 11.7 Å². The number of halogens is 2. The molecule has 0 aliphatic rings. The lowest BCUT2D eigenvalue weighted by atomic mass is 10.1. The topological polar surface area (TPSA) is 47.9 Å². The van der Waals surface area contributed by atoms with E-state index in [9.17, 15) is 13.9 Å². The van der Waals surface area contributed by atoms with Crippen molar-refractivity contribution in [3.05, 3.63) is 17.7 Å². The van der Waals surface area contributed by atoms with E-state index in [0.717, 1.165) is 0 Å². The number of ether oxygens (including phenoxy) is 3. The zero-order valence-corrected chi connectivity index (χ0v) is 9.74. The van der Waals surface area contributed by atoms with Gasteiger partial charge in [0.25, 0.3) is 6.43 Å². The molecular formula is C11H14F2O4. The van der Waals surface area contributed by atoms with Crippen molar-refractivity contribution in [2.24, 2.45) is 0 Å². The summed E-state index contributed by atoms with van der Waals surface area (Å²) in [7, 11) is 4.06. The van der Waals surface area contributed by atoms with Gasteiger partial charge in [0, 0.05) is 12.1 Å². The molecule has 1 unspecified atom stereocenters. The van der Waals surface area contributed by atoms with Crippen molar-refractivity contribution in [3.8, 4) is 17.2 Å². The van der Waals surface area contributed by atoms with Crippen LogP contribution in [0.25, 0.3) is 0 Å². The van der Waals surface area contributed by atoms with Crippen LogP contribution in [-0.4, -0.2) is 32.9 Å². The Morgan fingerprint density at radius 2 is 1.47 bits per heavy atom. The van der Waals surface area contributed by atoms with Gasteiger partial charge in [-0.3, -0.25) is 0 Å². The Bertz CT molecular complexity index is 357. The number of hydrogen-bond acceptors (Lipinski definition) is 4. The van der Waals surface area contributed by atoms with Gasteiger partial charge in [0.1, 0.15) is 23.4 Å². The summed E-state index contributed by atoms with van der Waals surface area (Å²) >= 11 is 0. The molecule has 1 N–H and O–H groups in total. The molecule has 1 rings (SSSR count). The summed E-state index contributed by atoms with van der Waals surface area (Å²) in [6, 6.07) is 2.81. The number of aliphatic hydroxyl groups is 1. The molecule has 1 atom stereocenters. The van der Waals surface area contributed by atoms with Crippen molar-refractivity contribution in [1.29, 1.82) is 0 Å². The maximum atomic E-state index is 12.5. The second-order valence-electron chi connectivity index (χ2n) is 3.22. The monoisotopic (exact) mass is 248 g/mol. The van der Waals surface area contributed by atoms with Gasteiger partial charge < -0.3 is 19.3 Å². The normalized spacial score (nSPS) is 12.4. The lowest BCUT2D eigenvalue weighted by molar-refractivity contribution is -0.00827. The number of hydrogen-bond donors (Lipinski definition) is 1. The molecule has 0 fully saturated rings. The zero-order chi connectivity index (χ0) is 13.0. The van der Waals surface area contributed by atoms with Gasteiger partial charge in [0.2, 0.25) is 0 Å². The van der Waals surface area contributed by atoms with E-state index < -0.39 is 12.5 Å². The highest BCUT2D eigenvalue weighted by Crippen LogP contribution is 2.40. The predicted octanol–water partition coefficient (Wildman–Crippen LogP) is 2.01. The largest absolute Gasteiger partial charge is 0.496 e. The fourth-order valence-corrected chi connectivity index (χ4v) is 1.45. The first-order valence-corrected chi connectivity index (χ1v) is 4.81. The van der Waals surface area contributed by atoms with Crippen LogP contribution in [0.3, 0.4) is 0 Å². The highest BCUT2D eigenvalue weighted by atomic mass is 19.3. The summed E-state index contributed by atoms with van der Waals surface area (Å²) in [5.41, 5.74) is -0.0919. The molecule has 0 saturated carbocycles. The van der Waals surface area contributed by atoms with Crippen molar-refractivity contribution >= 4 is 0 Å². The summed E-state index contributed by atoms with van der Waals surface area (Å²) in [6.45, 7) is 0.